The van der Waals surface area contributed by atoms with E-state index < -0.39 is 11.9 Å². The third-order valence-corrected chi connectivity index (χ3v) is 3.36. The van der Waals surface area contributed by atoms with Crippen LogP contribution in [0.3, 0.4) is 0 Å². The summed E-state index contributed by atoms with van der Waals surface area (Å²) in [4.78, 5) is 22.8. The van der Waals surface area contributed by atoms with E-state index in [9.17, 15) is 9.59 Å². The number of ether oxygens (including phenoxy) is 1. The first kappa shape index (κ1) is 14.0. The lowest BCUT2D eigenvalue weighted by Crippen LogP contribution is -2.12. The Morgan fingerprint density at radius 3 is 2.76 bits per heavy atom. The molecule has 0 heterocycles. The minimum Gasteiger partial charge on any atom is -0.466 e. The maximum absolute atomic E-state index is 11.2. The summed E-state index contributed by atoms with van der Waals surface area (Å²) >= 11 is 3.34. The molecule has 1 aromatic rings. The van der Waals surface area contributed by atoms with E-state index in [4.69, 9.17) is 5.73 Å². The summed E-state index contributed by atoms with van der Waals surface area (Å²) in [5.74, 6) is -0.930. The fraction of sp³-hybridized carbons (Fsp3) is 0.0909. The third-order valence-electron chi connectivity index (χ3n) is 1.81. The molecule has 0 atom stereocenters. The lowest BCUT2D eigenvalue weighted by Gasteiger charge is -2.03. The number of primary amides is 1. The number of amides is 1. The van der Waals surface area contributed by atoms with Crippen LogP contribution in [0.2, 0.25) is 0 Å². The minimum absolute atomic E-state index is 0.441. The Morgan fingerprint density at radius 1 is 1.47 bits per heavy atom. The van der Waals surface area contributed by atoms with Crippen molar-refractivity contribution in [3.63, 3.8) is 0 Å². The number of nitrogens with two attached hydrogens (primary N) is 1. The molecule has 0 aromatic heterocycles. The molecular weight excluding hydrogens is 353 g/mol. The monoisotopic (exact) mass is 363 g/mol. The van der Waals surface area contributed by atoms with Gasteiger partial charge in [-0.05, 0) is 46.2 Å². The summed E-state index contributed by atoms with van der Waals surface area (Å²) < 4.78 is 5.38. The quantitative estimate of drug-likeness (QED) is 0.385. The van der Waals surface area contributed by atoms with E-state index in [2.05, 4.69) is 27.3 Å². The molecule has 0 saturated heterocycles. The molecular formula is C11H10INO3S. The van der Waals surface area contributed by atoms with Crippen LogP contribution < -0.4 is 5.73 Å². The Labute approximate surface area is 117 Å². The highest BCUT2D eigenvalue weighted by molar-refractivity contribution is 14.1. The summed E-state index contributed by atoms with van der Waals surface area (Å²) in [6.07, 6.45) is 1.29. The molecule has 6 heteroatoms. The fourth-order valence-electron chi connectivity index (χ4n) is 1.03. The lowest BCUT2D eigenvalue weighted by atomic mass is 10.2. The molecule has 1 rings (SSSR count). The smallest absolute Gasteiger partial charge is 0.330 e. The molecule has 4 nitrogen and oxygen atoms in total. The topological polar surface area (TPSA) is 69.4 Å². The van der Waals surface area contributed by atoms with Gasteiger partial charge < -0.3 is 10.5 Å². The van der Waals surface area contributed by atoms with Crippen LogP contribution in [0.4, 0.5) is 0 Å². The number of esters is 1. The van der Waals surface area contributed by atoms with Crippen molar-refractivity contribution in [1.29, 1.82) is 0 Å². The van der Waals surface area contributed by atoms with Gasteiger partial charge in [-0.25, -0.2) is 4.79 Å². The molecule has 0 spiro atoms. The number of rotatable bonds is 4. The molecule has 0 aliphatic carbocycles. The van der Waals surface area contributed by atoms with Gasteiger partial charge >= 0.3 is 5.97 Å². The average molecular weight is 363 g/mol. The van der Waals surface area contributed by atoms with E-state index >= 15 is 0 Å². The molecule has 1 aromatic carbocycles. The predicted molar refractivity (Wildman–Crippen MR) is 74.7 cm³/mol. The normalized spacial score (nSPS) is 10.5. The first-order chi connectivity index (χ1) is 8.04. The Bertz CT molecular complexity index is 474. The number of methoxy groups -OCH3 is 1. The molecule has 1 amide bonds. The Kier molecular flexibility index (Phi) is 5.49. The van der Waals surface area contributed by atoms with Gasteiger partial charge in [0.25, 0.3) is 0 Å². The molecule has 0 saturated carbocycles. The largest absolute Gasteiger partial charge is 0.466 e. The number of thioether (sulfide) groups is 1. The van der Waals surface area contributed by atoms with Crippen molar-refractivity contribution >= 4 is 46.2 Å². The van der Waals surface area contributed by atoms with E-state index in [0.717, 1.165) is 3.57 Å². The van der Waals surface area contributed by atoms with Crippen LogP contribution >= 0.6 is 34.4 Å². The highest BCUT2D eigenvalue weighted by atomic mass is 127. The maximum atomic E-state index is 11.2. The first-order valence-corrected chi connectivity index (χ1v) is 6.51. The van der Waals surface area contributed by atoms with Crippen LogP contribution in [0.1, 0.15) is 10.4 Å². The van der Waals surface area contributed by atoms with Gasteiger partial charge in [0.1, 0.15) is 0 Å². The van der Waals surface area contributed by atoms with Crippen LogP contribution in [0.15, 0.2) is 34.6 Å². The van der Waals surface area contributed by atoms with Crippen molar-refractivity contribution in [3.05, 3.63) is 38.8 Å². The standard InChI is InChI=1S/C11H10INO3S/c1-16-10(14)4-5-17-9-3-2-7(12)6-8(9)11(13)15/h2-6H,1H3,(H2,13,15)/b5-4-. The Hall–Kier alpha value is -1.02. The van der Waals surface area contributed by atoms with Crippen molar-refractivity contribution in [2.75, 3.05) is 7.11 Å². The summed E-state index contributed by atoms with van der Waals surface area (Å²) in [6.45, 7) is 0. The van der Waals surface area contributed by atoms with E-state index in [1.54, 1.807) is 17.5 Å². The van der Waals surface area contributed by atoms with Crippen LogP contribution in [0, 0.1) is 3.57 Å². The van der Waals surface area contributed by atoms with E-state index in [1.807, 2.05) is 6.07 Å². The highest BCUT2D eigenvalue weighted by Gasteiger charge is 2.08. The van der Waals surface area contributed by atoms with Crippen LogP contribution in [0.25, 0.3) is 0 Å². The Balaban J connectivity index is 2.87. The molecule has 0 unspecified atom stereocenters. The van der Waals surface area contributed by atoms with Gasteiger partial charge in [0.15, 0.2) is 0 Å². The molecule has 90 valence electrons. The summed E-state index contributed by atoms with van der Waals surface area (Å²) in [7, 11) is 1.30. The number of benzene rings is 1. The Morgan fingerprint density at radius 2 is 2.18 bits per heavy atom. The van der Waals surface area contributed by atoms with E-state index in [0.29, 0.717) is 10.5 Å². The zero-order valence-corrected chi connectivity index (χ0v) is 11.9. The van der Waals surface area contributed by atoms with Gasteiger partial charge in [-0.1, -0.05) is 11.8 Å². The van der Waals surface area contributed by atoms with E-state index in [-0.39, 0.29) is 0 Å². The van der Waals surface area contributed by atoms with Crippen LogP contribution in [0.5, 0.6) is 0 Å². The molecule has 0 aliphatic rings. The molecule has 0 fully saturated rings. The number of hydrogen-bond acceptors (Lipinski definition) is 4. The third kappa shape index (κ3) is 4.39. The first-order valence-electron chi connectivity index (χ1n) is 4.55. The molecule has 0 radical (unpaired) electrons. The van der Waals surface area contributed by atoms with Gasteiger partial charge in [0, 0.05) is 14.5 Å². The van der Waals surface area contributed by atoms with Gasteiger partial charge in [-0.15, -0.1) is 0 Å². The van der Waals surface area contributed by atoms with Crippen molar-refractivity contribution in [3.8, 4) is 0 Å². The number of carbonyl (C=O) groups is 2. The molecule has 0 bridgehead atoms. The van der Waals surface area contributed by atoms with Gasteiger partial charge in [0.2, 0.25) is 5.91 Å². The van der Waals surface area contributed by atoms with Crippen molar-refractivity contribution in [2.45, 2.75) is 4.90 Å². The SMILES string of the molecule is COC(=O)/C=C\Sc1ccc(I)cc1C(N)=O. The molecule has 0 aliphatic heterocycles. The van der Waals surface area contributed by atoms with Gasteiger partial charge in [-0.2, -0.15) is 0 Å². The van der Waals surface area contributed by atoms with Crippen molar-refractivity contribution < 1.29 is 14.3 Å². The summed E-state index contributed by atoms with van der Waals surface area (Å²) in [5, 5.41) is 1.56. The maximum Gasteiger partial charge on any atom is 0.330 e. The van der Waals surface area contributed by atoms with Crippen LogP contribution in [-0.2, 0) is 9.53 Å². The second kappa shape index (κ2) is 6.65. The summed E-state index contributed by atoms with van der Waals surface area (Å²) in [5.41, 5.74) is 5.71. The lowest BCUT2D eigenvalue weighted by molar-refractivity contribution is -0.134. The molecule has 2 N–H and O–H groups in total. The van der Waals surface area contributed by atoms with E-state index in [1.165, 1.54) is 24.9 Å². The minimum atomic E-state index is -0.488. The second-order valence-corrected chi connectivity index (χ2v) is 5.14. The number of halogens is 1. The number of hydrogen-bond donors (Lipinski definition) is 1. The average Bonchev–Trinajstić information content (AvgIpc) is 2.30. The second-order valence-electron chi connectivity index (χ2n) is 2.95. The van der Waals surface area contributed by atoms with Gasteiger partial charge in [-0.3, -0.25) is 4.79 Å². The zero-order valence-electron chi connectivity index (χ0n) is 8.98. The predicted octanol–water partition coefficient (Wildman–Crippen LogP) is 2.17. The fourth-order valence-corrected chi connectivity index (χ4v) is 2.28. The van der Waals surface area contributed by atoms with Crippen molar-refractivity contribution in [2.24, 2.45) is 5.73 Å². The molecule has 17 heavy (non-hydrogen) atoms. The zero-order chi connectivity index (χ0) is 12.8. The number of carbonyl (C=O) groups excluding carboxylic acids is 2. The van der Waals surface area contributed by atoms with Crippen molar-refractivity contribution in [1.82, 2.24) is 0 Å². The van der Waals surface area contributed by atoms with Crippen LogP contribution in [-0.4, -0.2) is 19.0 Å². The highest BCUT2D eigenvalue weighted by Crippen LogP contribution is 2.25. The summed E-state index contributed by atoms with van der Waals surface area (Å²) in [6, 6.07) is 5.35. The van der Waals surface area contributed by atoms with Gasteiger partial charge in [0.05, 0.1) is 12.7 Å².